The van der Waals surface area contributed by atoms with Crippen LogP contribution in [0.2, 0.25) is 0 Å². The Morgan fingerprint density at radius 1 is 0.941 bits per heavy atom. The quantitative estimate of drug-likeness (QED) is 0.457. The lowest BCUT2D eigenvalue weighted by Crippen LogP contribution is -1.88. The zero-order valence-corrected chi connectivity index (χ0v) is 11.2. The molecular weight excluding hydrogens is 208 g/mol. The summed E-state index contributed by atoms with van der Waals surface area (Å²) in [5, 5.41) is 0. The highest BCUT2D eigenvalue weighted by molar-refractivity contribution is 5.25. The summed E-state index contributed by atoms with van der Waals surface area (Å²) in [6, 6.07) is 0. The number of rotatable bonds is 6. The second kappa shape index (κ2) is 9.46. The number of allylic oxidation sites excluding steroid dienone is 9. The van der Waals surface area contributed by atoms with Gasteiger partial charge in [-0.1, -0.05) is 36.5 Å². The highest BCUT2D eigenvalue weighted by Crippen LogP contribution is 2.10. The molecule has 0 fully saturated rings. The molecule has 0 N–H and O–H groups in total. The second-order valence-electron chi connectivity index (χ2n) is 3.71. The first-order chi connectivity index (χ1) is 8.13. The molecule has 0 saturated carbocycles. The van der Waals surface area contributed by atoms with Gasteiger partial charge in [-0.25, -0.2) is 0 Å². The molecular formula is C16H22O. The van der Waals surface area contributed by atoms with Gasteiger partial charge in [0.1, 0.15) is 11.5 Å². The minimum absolute atomic E-state index is 0.736. The van der Waals surface area contributed by atoms with E-state index in [0.29, 0.717) is 0 Å². The molecule has 0 aromatic rings. The molecule has 0 aromatic heterocycles. The predicted octanol–water partition coefficient (Wildman–Crippen LogP) is 5.08. The maximum Gasteiger partial charge on any atom is 0.127 e. The van der Waals surface area contributed by atoms with Crippen molar-refractivity contribution in [2.45, 2.75) is 27.7 Å². The van der Waals surface area contributed by atoms with Crippen molar-refractivity contribution in [1.29, 1.82) is 0 Å². The summed E-state index contributed by atoms with van der Waals surface area (Å²) >= 11 is 0. The van der Waals surface area contributed by atoms with Gasteiger partial charge in [-0.15, -0.1) is 0 Å². The molecule has 1 heteroatoms. The minimum Gasteiger partial charge on any atom is -0.457 e. The third-order valence-electron chi connectivity index (χ3n) is 1.80. The van der Waals surface area contributed by atoms with E-state index in [1.54, 1.807) is 6.08 Å². The standard InChI is InChI=1S/C16H22O/c1-6-9-11-16(10-7-2)17-15(8-3)13-12-14(4)5/h6-13H,3H2,1-2,4-5H3/b9-6+,10-7-,15-13+,16-11+. The molecule has 0 unspecified atom stereocenters. The molecule has 0 saturated heterocycles. The van der Waals surface area contributed by atoms with Gasteiger partial charge in [0.05, 0.1) is 0 Å². The Morgan fingerprint density at radius 2 is 1.65 bits per heavy atom. The van der Waals surface area contributed by atoms with Gasteiger partial charge in [0.2, 0.25) is 0 Å². The van der Waals surface area contributed by atoms with E-state index in [9.17, 15) is 0 Å². The van der Waals surface area contributed by atoms with Gasteiger partial charge in [-0.2, -0.15) is 0 Å². The van der Waals surface area contributed by atoms with Crippen molar-refractivity contribution in [3.8, 4) is 0 Å². The summed E-state index contributed by atoms with van der Waals surface area (Å²) < 4.78 is 5.71. The Balaban J connectivity index is 4.89. The first-order valence-corrected chi connectivity index (χ1v) is 5.75. The fraction of sp³-hybridized carbons (Fsp3) is 0.250. The summed E-state index contributed by atoms with van der Waals surface area (Å²) in [4.78, 5) is 0. The molecule has 0 aliphatic heterocycles. The molecule has 0 aliphatic carbocycles. The van der Waals surface area contributed by atoms with E-state index in [2.05, 4.69) is 6.58 Å². The Morgan fingerprint density at radius 3 is 2.12 bits per heavy atom. The molecule has 0 bridgehead atoms. The second-order valence-corrected chi connectivity index (χ2v) is 3.71. The molecule has 0 amide bonds. The molecule has 0 heterocycles. The van der Waals surface area contributed by atoms with E-state index < -0.39 is 0 Å². The molecule has 0 radical (unpaired) electrons. The van der Waals surface area contributed by atoms with Crippen LogP contribution >= 0.6 is 0 Å². The van der Waals surface area contributed by atoms with Gasteiger partial charge < -0.3 is 4.74 Å². The molecule has 0 rings (SSSR count). The van der Waals surface area contributed by atoms with Crippen molar-refractivity contribution in [3.63, 3.8) is 0 Å². The van der Waals surface area contributed by atoms with E-state index >= 15 is 0 Å². The average molecular weight is 230 g/mol. The smallest absolute Gasteiger partial charge is 0.127 e. The van der Waals surface area contributed by atoms with Crippen molar-refractivity contribution < 1.29 is 4.74 Å². The highest BCUT2D eigenvalue weighted by Gasteiger charge is 1.95. The van der Waals surface area contributed by atoms with Crippen molar-refractivity contribution in [2.24, 2.45) is 0 Å². The van der Waals surface area contributed by atoms with E-state index in [0.717, 1.165) is 11.5 Å². The first-order valence-electron chi connectivity index (χ1n) is 5.75. The molecule has 0 aliphatic rings. The van der Waals surface area contributed by atoms with Gasteiger partial charge in [-0.05, 0) is 52.0 Å². The van der Waals surface area contributed by atoms with Gasteiger partial charge in [0, 0.05) is 0 Å². The maximum atomic E-state index is 5.71. The lowest BCUT2D eigenvalue weighted by molar-refractivity contribution is 0.336. The van der Waals surface area contributed by atoms with E-state index in [4.69, 9.17) is 4.74 Å². The van der Waals surface area contributed by atoms with Crippen LogP contribution in [-0.2, 0) is 4.74 Å². The summed E-state index contributed by atoms with van der Waals surface area (Å²) in [5.74, 6) is 1.53. The van der Waals surface area contributed by atoms with Crippen LogP contribution in [0.25, 0.3) is 0 Å². The van der Waals surface area contributed by atoms with Crippen molar-refractivity contribution in [1.82, 2.24) is 0 Å². The summed E-state index contributed by atoms with van der Waals surface area (Å²) in [7, 11) is 0. The zero-order chi connectivity index (χ0) is 13.1. The summed E-state index contributed by atoms with van der Waals surface area (Å²) in [5.41, 5.74) is 1.22. The molecule has 0 spiro atoms. The van der Waals surface area contributed by atoms with Crippen LogP contribution in [-0.4, -0.2) is 0 Å². The molecule has 1 nitrogen and oxygen atoms in total. The first kappa shape index (κ1) is 15.2. The average Bonchev–Trinajstić information content (AvgIpc) is 2.31. The fourth-order valence-corrected chi connectivity index (χ4v) is 1.01. The molecule has 0 aromatic carbocycles. The maximum absolute atomic E-state index is 5.71. The Hall–Kier alpha value is -1.76. The van der Waals surface area contributed by atoms with Crippen LogP contribution in [0.1, 0.15) is 27.7 Å². The predicted molar refractivity (Wildman–Crippen MR) is 76.5 cm³/mol. The van der Waals surface area contributed by atoms with Crippen LogP contribution in [0, 0.1) is 0 Å². The van der Waals surface area contributed by atoms with Crippen LogP contribution in [0.5, 0.6) is 0 Å². The Kier molecular flexibility index (Phi) is 8.48. The Bertz CT molecular complexity index is 372. The molecule has 92 valence electrons. The van der Waals surface area contributed by atoms with Crippen LogP contribution in [0.15, 0.2) is 72.3 Å². The third kappa shape index (κ3) is 8.09. The van der Waals surface area contributed by atoms with E-state index in [-0.39, 0.29) is 0 Å². The SMILES string of the molecule is C=C/C(=C\C=C(C)C)OC(/C=C\C)=C/C=C/C. The van der Waals surface area contributed by atoms with Gasteiger partial charge >= 0.3 is 0 Å². The van der Waals surface area contributed by atoms with Crippen LogP contribution < -0.4 is 0 Å². The lowest BCUT2D eigenvalue weighted by Gasteiger charge is -2.06. The van der Waals surface area contributed by atoms with Crippen LogP contribution in [0.3, 0.4) is 0 Å². The fourth-order valence-electron chi connectivity index (χ4n) is 1.01. The Labute approximate surface area is 105 Å². The third-order valence-corrected chi connectivity index (χ3v) is 1.80. The number of hydrogen-bond acceptors (Lipinski definition) is 1. The van der Waals surface area contributed by atoms with Crippen LogP contribution in [0.4, 0.5) is 0 Å². The normalized spacial score (nSPS) is 13.2. The lowest BCUT2D eigenvalue weighted by atomic mass is 10.3. The van der Waals surface area contributed by atoms with E-state index in [1.807, 2.05) is 70.2 Å². The van der Waals surface area contributed by atoms with Gasteiger partial charge in [0.15, 0.2) is 0 Å². The van der Waals surface area contributed by atoms with E-state index in [1.165, 1.54) is 5.57 Å². The molecule has 17 heavy (non-hydrogen) atoms. The number of hydrogen-bond donors (Lipinski definition) is 0. The van der Waals surface area contributed by atoms with Gasteiger partial charge in [0.25, 0.3) is 0 Å². The number of ether oxygens (including phenoxy) is 1. The van der Waals surface area contributed by atoms with Crippen molar-refractivity contribution >= 4 is 0 Å². The summed E-state index contributed by atoms with van der Waals surface area (Å²) in [6.45, 7) is 11.8. The monoisotopic (exact) mass is 230 g/mol. The molecule has 0 atom stereocenters. The van der Waals surface area contributed by atoms with Crippen molar-refractivity contribution in [3.05, 3.63) is 72.3 Å². The highest BCUT2D eigenvalue weighted by atomic mass is 16.5. The topological polar surface area (TPSA) is 9.23 Å². The van der Waals surface area contributed by atoms with Gasteiger partial charge in [-0.3, -0.25) is 0 Å². The van der Waals surface area contributed by atoms with Crippen molar-refractivity contribution in [2.75, 3.05) is 0 Å². The summed E-state index contributed by atoms with van der Waals surface area (Å²) in [6.07, 6.45) is 15.3. The minimum atomic E-state index is 0.736. The zero-order valence-electron chi connectivity index (χ0n) is 11.2. The largest absolute Gasteiger partial charge is 0.457 e.